The van der Waals surface area contributed by atoms with Crippen molar-refractivity contribution in [2.75, 3.05) is 5.32 Å². The second kappa shape index (κ2) is 7.14. The fourth-order valence-electron chi connectivity index (χ4n) is 2.66. The van der Waals surface area contributed by atoms with Gasteiger partial charge in [-0.3, -0.25) is 4.98 Å². The Bertz CT molecular complexity index is 996. The van der Waals surface area contributed by atoms with Crippen molar-refractivity contribution in [2.24, 2.45) is 0 Å². The highest BCUT2D eigenvalue weighted by atomic mass is 16.5. The van der Waals surface area contributed by atoms with Gasteiger partial charge in [0, 0.05) is 25.1 Å². The summed E-state index contributed by atoms with van der Waals surface area (Å²) in [5.41, 5.74) is 4.18. The van der Waals surface area contributed by atoms with Gasteiger partial charge >= 0.3 is 0 Å². The fraction of sp³-hybridized carbons (Fsp3) is 0.100. The van der Waals surface area contributed by atoms with Crippen molar-refractivity contribution in [3.63, 3.8) is 0 Å². The summed E-state index contributed by atoms with van der Waals surface area (Å²) in [5, 5.41) is 7.19. The SMILES string of the molecule is Cc1noc(-c2cccnc2NCc2ccc(-c3cccnc3)cc2)n1. The number of pyridine rings is 2. The van der Waals surface area contributed by atoms with E-state index in [0.717, 1.165) is 22.3 Å². The molecule has 0 bridgehead atoms. The van der Waals surface area contributed by atoms with Crippen LogP contribution in [0.1, 0.15) is 11.4 Å². The topological polar surface area (TPSA) is 76.7 Å². The van der Waals surface area contributed by atoms with Crippen molar-refractivity contribution in [2.45, 2.75) is 13.5 Å². The molecule has 0 saturated carbocycles. The molecule has 128 valence electrons. The van der Waals surface area contributed by atoms with Gasteiger partial charge in [0.15, 0.2) is 5.82 Å². The predicted octanol–water partition coefficient (Wildman–Crippen LogP) is 4.11. The molecule has 0 spiro atoms. The third-order valence-corrected chi connectivity index (χ3v) is 3.97. The maximum atomic E-state index is 5.26. The maximum Gasteiger partial charge on any atom is 0.261 e. The minimum absolute atomic E-state index is 0.463. The van der Waals surface area contributed by atoms with E-state index in [0.29, 0.717) is 24.1 Å². The summed E-state index contributed by atoms with van der Waals surface area (Å²) in [5.74, 6) is 1.78. The first kappa shape index (κ1) is 16.0. The lowest BCUT2D eigenvalue weighted by Gasteiger charge is -2.09. The second-order valence-electron chi connectivity index (χ2n) is 5.84. The van der Waals surface area contributed by atoms with Gasteiger partial charge in [-0.2, -0.15) is 4.98 Å². The number of nitrogens with zero attached hydrogens (tertiary/aromatic N) is 4. The second-order valence-corrected chi connectivity index (χ2v) is 5.84. The highest BCUT2D eigenvalue weighted by Crippen LogP contribution is 2.25. The lowest BCUT2D eigenvalue weighted by atomic mass is 10.1. The quantitative estimate of drug-likeness (QED) is 0.587. The molecule has 4 aromatic rings. The average Bonchev–Trinajstić information content (AvgIpc) is 3.14. The summed E-state index contributed by atoms with van der Waals surface area (Å²) in [7, 11) is 0. The molecule has 0 radical (unpaired) electrons. The van der Waals surface area contributed by atoms with Crippen LogP contribution in [-0.4, -0.2) is 20.1 Å². The van der Waals surface area contributed by atoms with Crippen LogP contribution in [0.15, 0.2) is 71.6 Å². The first-order valence-corrected chi connectivity index (χ1v) is 8.28. The molecule has 26 heavy (non-hydrogen) atoms. The van der Waals surface area contributed by atoms with Gasteiger partial charge in [0.25, 0.3) is 5.89 Å². The molecule has 0 saturated heterocycles. The normalized spacial score (nSPS) is 10.7. The molecule has 6 heteroatoms. The van der Waals surface area contributed by atoms with Crippen LogP contribution in [0, 0.1) is 6.92 Å². The molecule has 0 aliphatic carbocycles. The molecular formula is C20H17N5O. The van der Waals surface area contributed by atoms with Gasteiger partial charge in [-0.25, -0.2) is 4.98 Å². The summed E-state index contributed by atoms with van der Waals surface area (Å²) in [6, 6.07) is 16.1. The monoisotopic (exact) mass is 343 g/mol. The Morgan fingerprint density at radius 3 is 2.54 bits per heavy atom. The smallest absolute Gasteiger partial charge is 0.261 e. The van der Waals surface area contributed by atoms with E-state index in [2.05, 4.69) is 49.7 Å². The van der Waals surface area contributed by atoms with Gasteiger partial charge in [-0.05, 0) is 41.8 Å². The van der Waals surface area contributed by atoms with E-state index in [-0.39, 0.29) is 0 Å². The van der Waals surface area contributed by atoms with Crippen LogP contribution < -0.4 is 5.32 Å². The Kier molecular flexibility index (Phi) is 4.38. The van der Waals surface area contributed by atoms with E-state index >= 15 is 0 Å². The zero-order chi connectivity index (χ0) is 17.8. The van der Waals surface area contributed by atoms with Crippen molar-refractivity contribution in [3.05, 3.63) is 78.5 Å². The van der Waals surface area contributed by atoms with Crippen molar-refractivity contribution in [1.29, 1.82) is 0 Å². The third-order valence-electron chi connectivity index (χ3n) is 3.97. The number of rotatable bonds is 5. The van der Waals surface area contributed by atoms with Gasteiger partial charge < -0.3 is 9.84 Å². The summed E-state index contributed by atoms with van der Waals surface area (Å²) in [6.45, 7) is 2.44. The van der Waals surface area contributed by atoms with E-state index in [9.17, 15) is 0 Å². The third kappa shape index (κ3) is 3.44. The first-order chi connectivity index (χ1) is 12.8. The number of nitrogens with one attached hydrogen (secondary N) is 1. The number of aryl methyl sites for hydroxylation is 1. The number of aromatic nitrogens is 4. The molecule has 1 aromatic carbocycles. The van der Waals surface area contributed by atoms with Gasteiger partial charge in [0.05, 0.1) is 5.56 Å². The summed E-state index contributed by atoms with van der Waals surface area (Å²) >= 11 is 0. The van der Waals surface area contributed by atoms with Crippen LogP contribution in [0.5, 0.6) is 0 Å². The molecule has 0 aliphatic rings. The fourth-order valence-corrected chi connectivity index (χ4v) is 2.66. The molecule has 0 fully saturated rings. The number of anilines is 1. The minimum Gasteiger partial charge on any atom is -0.365 e. The zero-order valence-corrected chi connectivity index (χ0v) is 14.3. The lowest BCUT2D eigenvalue weighted by Crippen LogP contribution is -2.03. The van der Waals surface area contributed by atoms with Crippen LogP contribution in [0.2, 0.25) is 0 Å². The Morgan fingerprint density at radius 1 is 0.962 bits per heavy atom. The predicted molar refractivity (Wildman–Crippen MR) is 99.3 cm³/mol. The van der Waals surface area contributed by atoms with Crippen molar-refractivity contribution in [3.8, 4) is 22.6 Å². The van der Waals surface area contributed by atoms with E-state index in [1.54, 1.807) is 19.3 Å². The molecule has 0 atom stereocenters. The highest BCUT2D eigenvalue weighted by Gasteiger charge is 2.12. The lowest BCUT2D eigenvalue weighted by molar-refractivity contribution is 0.425. The molecule has 4 rings (SSSR count). The molecular weight excluding hydrogens is 326 g/mol. The summed E-state index contributed by atoms with van der Waals surface area (Å²) in [4.78, 5) is 12.8. The molecule has 6 nitrogen and oxygen atoms in total. The largest absolute Gasteiger partial charge is 0.365 e. The van der Waals surface area contributed by atoms with Crippen molar-refractivity contribution in [1.82, 2.24) is 20.1 Å². The number of hydrogen-bond acceptors (Lipinski definition) is 6. The van der Waals surface area contributed by atoms with Crippen LogP contribution in [-0.2, 0) is 6.54 Å². The van der Waals surface area contributed by atoms with Crippen LogP contribution >= 0.6 is 0 Å². The molecule has 0 amide bonds. The highest BCUT2D eigenvalue weighted by molar-refractivity contribution is 5.68. The van der Waals surface area contributed by atoms with E-state index in [1.165, 1.54) is 0 Å². The van der Waals surface area contributed by atoms with Crippen molar-refractivity contribution < 1.29 is 4.52 Å². The summed E-state index contributed by atoms with van der Waals surface area (Å²) < 4.78 is 5.26. The van der Waals surface area contributed by atoms with E-state index in [4.69, 9.17) is 4.52 Å². The maximum absolute atomic E-state index is 5.26. The molecule has 3 aromatic heterocycles. The average molecular weight is 343 g/mol. The van der Waals surface area contributed by atoms with Crippen LogP contribution in [0.4, 0.5) is 5.82 Å². The Morgan fingerprint density at radius 2 is 1.81 bits per heavy atom. The molecule has 3 heterocycles. The minimum atomic E-state index is 0.463. The molecule has 0 unspecified atom stereocenters. The standard InChI is InChI=1S/C20H17N5O/c1-14-24-20(26-25-14)18-5-3-11-22-19(18)23-12-15-6-8-16(9-7-15)17-4-2-10-21-13-17/h2-11,13H,12H2,1H3,(H,22,23). The number of benzene rings is 1. The van der Waals surface area contributed by atoms with Gasteiger partial charge in [-0.1, -0.05) is 35.5 Å². The Balaban J connectivity index is 1.50. The Labute approximate surface area is 151 Å². The van der Waals surface area contributed by atoms with E-state index < -0.39 is 0 Å². The number of hydrogen-bond donors (Lipinski definition) is 1. The van der Waals surface area contributed by atoms with Crippen molar-refractivity contribution >= 4 is 5.82 Å². The zero-order valence-electron chi connectivity index (χ0n) is 14.3. The van der Waals surface area contributed by atoms with Crippen LogP contribution in [0.3, 0.4) is 0 Å². The molecule has 0 aliphatic heterocycles. The summed E-state index contributed by atoms with van der Waals surface area (Å²) in [6.07, 6.45) is 5.37. The first-order valence-electron chi connectivity index (χ1n) is 8.28. The Hall–Kier alpha value is -3.54. The van der Waals surface area contributed by atoms with Crippen LogP contribution in [0.25, 0.3) is 22.6 Å². The van der Waals surface area contributed by atoms with Gasteiger partial charge in [0.1, 0.15) is 5.82 Å². The van der Waals surface area contributed by atoms with E-state index in [1.807, 2.05) is 30.5 Å². The molecule has 1 N–H and O–H groups in total. The van der Waals surface area contributed by atoms with Gasteiger partial charge in [-0.15, -0.1) is 0 Å². The van der Waals surface area contributed by atoms with Gasteiger partial charge in [0.2, 0.25) is 0 Å².